The summed E-state index contributed by atoms with van der Waals surface area (Å²) in [6, 6.07) is 1.67. The molecule has 116 valence electrons. The van der Waals surface area contributed by atoms with Gasteiger partial charge in [-0.05, 0) is 7.05 Å². The molecule has 2 heterocycles. The van der Waals surface area contributed by atoms with Crippen LogP contribution in [0.4, 0.5) is 0 Å². The quantitative estimate of drug-likeness (QED) is 0.848. The Morgan fingerprint density at radius 2 is 2.19 bits per heavy atom. The molecular formula is C14H22N4O3. The fraction of sp³-hybridized carbons (Fsp3) is 0.643. The minimum atomic E-state index is -0.232. The van der Waals surface area contributed by atoms with E-state index in [4.69, 9.17) is 4.52 Å². The van der Waals surface area contributed by atoms with Crippen LogP contribution in [0.5, 0.6) is 0 Å². The van der Waals surface area contributed by atoms with Gasteiger partial charge in [-0.1, -0.05) is 12.1 Å². The van der Waals surface area contributed by atoms with Crippen molar-refractivity contribution in [1.82, 2.24) is 20.3 Å². The Morgan fingerprint density at radius 3 is 2.81 bits per heavy atom. The van der Waals surface area contributed by atoms with Crippen molar-refractivity contribution in [3.8, 4) is 0 Å². The van der Waals surface area contributed by atoms with Crippen molar-refractivity contribution < 1.29 is 14.1 Å². The minimum Gasteiger partial charge on any atom is -0.361 e. The number of nitrogens with one attached hydrogen (secondary N) is 1. The fourth-order valence-electron chi connectivity index (χ4n) is 2.47. The molecule has 21 heavy (non-hydrogen) atoms. The summed E-state index contributed by atoms with van der Waals surface area (Å²) >= 11 is 0. The molecular weight excluding hydrogens is 272 g/mol. The molecule has 0 bridgehead atoms. The normalized spacial score (nSPS) is 20.1. The van der Waals surface area contributed by atoms with Crippen LogP contribution in [0.1, 0.15) is 23.2 Å². The van der Waals surface area contributed by atoms with E-state index >= 15 is 0 Å². The van der Waals surface area contributed by atoms with E-state index in [9.17, 15) is 9.59 Å². The molecule has 1 fully saturated rings. The Morgan fingerprint density at radius 1 is 1.43 bits per heavy atom. The summed E-state index contributed by atoms with van der Waals surface area (Å²) in [7, 11) is 3.57. The summed E-state index contributed by atoms with van der Waals surface area (Å²) in [6.45, 7) is 4.30. The number of carbonyl (C=O) groups is 2. The number of aromatic nitrogens is 1. The highest BCUT2D eigenvalue weighted by Gasteiger charge is 2.29. The average molecular weight is 294 g/mol. The van der Waals surface area contributed by atoms with Gasteiger partial charge in [-0.3, -0.25) is 9.59 Å². The molecule has 2 amide bonds. The van der Waals surface area contributed by atoms with Crippen LogP contribution in [-0.2, 0) is 11.2 Å². The molecule has 1 aromatic rings. The van der Waals surface area contributed by atoms with Crippen molar-refractivity contribution in [3.05, 3.63) is 17.5 Å². The standard InChI is InChI=1S/C14H22N4O3/c1-4-11-7-12(16-21-11)14(20)18-6-5-17(3)8-10(9-18)13(19)15-2/h7,10H,4-6,8-9H2,1-3H3,(H,15,19)/t10-/m1/s1. The molecule has 7 heteroatoms. The zero-order valence-corrected chi connectivity index (χ0v) is 12.8. The molecule has 1 saturated heterocycles. The molecule has 1 aliphatic rings. The molecule has 1 N–H and O–H groups in total. The second-order valence-electron chi connectivity index (χ2n) is 5.36. The Bertz CT molecular complexity index is 514. The lowest BCUT2D eigenvalue weighted by atomic mass is 10.1. The largest absolute Gasteiger partial charge is 0.361 e. The molecule has 0 saturated carbocycles. The first-order chi connectivity index (χ1) is 10.0. The number of rotatable bonds is 3. The van der Waals surface area contributed by atoms with Crippen molar-refractivity contribution >= 4 is 11.8 Å². The molecule has 7 nitrogen and oxygen atoms in total. The molecule has 2 rings (SSSR count). The molecule has 0 aliphatic carbocycles. The maximum absolute atomic E-state index is 12.5. The third kappa shape index (κ3) is 3.60. The SMILES string of the molecule is CCc1cc(C(=O)N2CCN(C)C[C@@H](C(=O)NC)C2)no1. The molecule has 0 aromatic carbocycles. The highest BCUT2D eigenvalue weighted by Crippen LogP contribution is 2.13. The Labute approximate surface area is 124 Å². The van der Waals surface area contributed by atoms with Crippen molar-refractivity contribution in [1.29, 1.82) is 0 Å². The molecule has 0 spiro atoms. The number of nitrogens with zero attached hydrogens (tertiary/aromatic N) is 3. The molecule has 0 unspecified atom stereocenters. The van der Waals surface area contributed by atoms with Crippen molar-refractivity contribution in [2.24, 2.45) is 5.92 Å². The third-order valence-electron chi connectivity index (χ3n) is 3.76. The van der Waals surface area contributed by atoms with Crippen LogP contribution >= 0.6 is 0 Å². The second kappa shape index (κ2) is 6.71. The van der Waals surface area contributed by atoms with Crippen LogP contribution < -0.4 is 5.32 Å². The van der Waals surface area contributed by atoms with Crippen molar-refractivity contribution in [3.63, 3.8) is 0 Å². The van der Waals surface area contributed by atoms with Crippen LogP contribution in [-0.4, -0.2) is 67.0 Å². The Kier molecular flexibility index (Phi) is 4.95. The first-order valence-electron chi connectivity index (χ1n) is 7.20. The summed E-state index contributed by atoms with van der Waals surface area (Å²) < 4.78 is 5.09. The maximum Gasteiger partial charge on any atom is 0.276 e. The smallest absolute Gasteiger partial charge is 0.276 e. The van der Waals surface area contributed by atoms with Gasteiger partial charge in [0.2, 0.25) is 5.91 Å². The van der Waals surface area contributed by atoms with Gasteiger partial charge < -0.3 is 19.6 Å². The predicted octanol–water partition coefficient (Wildman–Crippen LogP) is -0.0132. The number of aryl methyl sites for hydroxylation is 1. The van der Waals surface area contributed by atoms with E-state index in [2.05, 4.69) is 15.4 Å². The lowest BCUT2D eigenvalue weighted by molar-refractivity contribution is -0.125. The molecule has 0 radical (unpaired) electrons. The van der Waals surface area contributed by atoms with Gasteiger partial charge in [0, 0.05) is 45.7 Å². The van der Waals surface area contributed by atoms with Gasteiger partial charge in [0.1, 0.15) is 5.76 Å². The minimum absolute atomic E-state index is 0.0454. The highest BCUT2D eigenvalue weighted by atomic mass is 16.5. The van der Waals surface area contributed by atoms with Gasteiger partial charge in [0.05, 0.1) is 5.92 Å². The lowest BCUT2D eigenvalue weighted by Crippen LogP contribution is -2.41. The van der Waals surface area contributed by atoms with E-state index in [-0.39, 0.29) is 17.7 Å². The first-order valence-corrected chi connectivity index (χ1v) is 7.20. The zero-order chi connectivity index (χ0) is 15.4. The third-order valence-corrected chi connectivity index (χ3v) is 3.76. The van der Waals surface area contributed by atoms with Crippen LogP contribution in [0.2, 0.25) is 0 Å². The van der Waals surface area contributed by atoms with Gasteiger partial charge in [-0.15, -0.1) is 0 Å². The maximum atomic E-state index is 12.5. The number of carbonyl (C=O) groups excluding carboxylic acids is 2. The summed E-state index contributed by atoms with van der Waals surface area (Å²) in [5.74, 6) is 0.232. The number of hydrogen-bond acceptors (Lipinski definition) is 5. The number of amides is 2. The summed E-state index contributed by atoms with van der Waals surface area (Å²) in [5.41, 5.74) is 0.312. The van der Waals surface area contributed by atoms with Gasteiger partial charge in [0.25, 0.3) is 5.91 Å². The Hall–Kier alpha value is -1.89. The van der Waals surface area contributed by atoms with Gasteiger partial charge >= 0.3 is 0 Å². The second-order valence-corrected chi connectivity index (χ2v) is 5.36. The van der Waals surface area contributed by atoms with Crippen LogP contribution in [0.15, 0.2) is 10.6 Å². The first kappa shape index (κ1) is 15.5. The fourth-order valence-corrected chi connectivity index (χ4v) is 2.47. The zero-order valence-electron chi connectivity index (χ0n) is 12.8. The van der Waals surface area contributed by atoms with Crippen LogP contribution in [0.25, 0.3) is 0 Å². The molecule has 1 aliphatic heterocycles. The van der Waals surface area contributed by atoms with Gasteiger partial charge in [0.15, 0.2) is 5.69 Å². The predicted molar refractivity (Wildman–Crippen MR) is 76.8 cm³/mol. The van der Waals surface area contributed by atoms with Crippen LogP contribution in [0.3, 0.4) is 0 Å². The number of hydrogen-bond donors (Lipinski definition) is 1. The van der Waals surface area contributed by atoms with Gasteiger partial charge in [-0.25, -0.2) is 0 Å². The lowest BCUT2D eigenvalue weighted by Gasteiger charge is -2.22. The van der Waals surface area contributed by atoms with E-state index < -0.39 is 0 Å². The Balaban J connectivity index is 2.13. The van der Waals surface area contributed by atoms with Gasteiger partial charge in [-0.2, -0.15) is 0 Å². The summed E-state index contributed by atoms with van der Waals surface area (Å²) in [4.78, 5) is 28.2. The average Bonchev–Trinajstić information content (AvgIpc) is 2.89. The van der Waals surface area contributed by atoms with E-state index in [1.165, 1.54) is 0 Å². The van der Waals surface area contributed by atoms with E-state index in [0.29, 0.717) is 37.5 Å². The monoisotopic (exact) mass is 294 g/mol. The van der Waals surface area contributed by atoms with E-state index in [1.807, 2.05) is 14.0 Å². The molecule has 1 atom stereocenters. The van der Waals surface area contributed by atoms with E-state index in [1.54, 1.807) is 18.0 Å². The van der Waals surface area contributed by atoms with E-state index in [0.717, 1.165) is 6.54 Å². The van der Waals surface area contributed by atoms with Crippen molar-refractivity contribution in [2.75, 3.05) is 40.3 Å². The highest BCUT2D eigenvalue weighted by molar-refractivity contribution is 5.92. The number of likely N-dealkylation sites (N-methyl/N-ethyl adjacent to an activating group) is 1. The summed E-state index contributed by atoms with van der Waals surface area (Å²) in [6.07, 6.45) is 0.698. The van der Waals surface area contributed by atoms with Crippen molar-refractivity contribution in [2.45, 2.75) is 13.3 Å². The molecule has 1 aromatic heterocycles. The topological polar surface area (TPSA) is 78.7 Å². The van der Waals surface area contributed by atoms with Crippen LogP contribution in [0, 0.1) is 5.92 Å². The summed E-state index contributed by atoms with van der Waals surface area (Å²) in [5, 5.41) is 6.48.